The summed E-state index contributed by atoms with van der Waals surface area (Å²) < 4.78 is 5.99. The van der Waals surface area contributed by atoms with E-state index in [-0.39, 0.29) is 6.10 Å². The molecule has 3 heteroatoms. The summed E-state index contributed by atoms with van der Waals surface area (Å²) >= 11 is 0. The van der Waals surface area contributed by atoms with Crippen LogP contribution >= 0.6 is 0 Å². The molecule has 100 valence electrons. The number of rotatable bonds is 5. The van der Waals surface area contributed by atoms with E-state index < -0.39 is 0 Å². The van der Waals surface area contributed by atoms with Crippen molar-refractivity contribution < 1.29 is 4.74 Å². The first-order valence-corrected chi connectivity index (χ1v) is 6.57. The Balaban J connectivity index is 2.17. The van der Waals surface area contributed by atoms with Gasteiger partial charge in [0.05, 0.1) is 0 Å². The zero-order valence-corrected chi connectivity index (χ0v) is 11.4. The fraction of sp³-hybridized carbons (Fsp3) is 0.312. The van der Waals surface area contributed by atoms with Crippen LogP contribution in [0.15, 0.2) is 48.8 Å². The zero-order chi connectivity index (χ0) is 13.7. The lowest BCUT2D eigenvalue weighted by atomic mass is 10.0. The van der Waals surface area contributed by atoms with E-state index in [4.69, 9.17) is 10.5 Å². The second-order valence-electron chi connectivity index (χ2n) is 4.85. The molecule has 1 aromatic heterocycles. The van der Waals surface area contributed by atoms with Crippen molar-refractivity contribution in [2.45, 2.75) is 25.9 Å². The quantitative estimate of drug-likeness (QED) is 0.893. The van der Waals surface area contributed by atoms with Crippen LogP contribution in [-0.4, -0.2) is 11.5 Å². The van der Waals surface area contributed by atoms with Crippen molar-refractivity contribution in [3.8, 4) is 5.75 Å². The van der Waals surface area contributed by atoms with E-state index in [1.54, 1.807) is 12.4 Å². The van der Waals surface area contributed by atoms with Gasteiger partial charge >= 0.3 is 0 Å². The molecule has 0 aliphatic heterocycles. The molecule has 1 unspecified atom stereocenters. The van der Waals surface area contributed by atoms with Gasteiger partial charge in [-0.05, 0) is 41.3 Å². The van der Waals surface area contributed by atoms with Gasteiger partial charge in [-0.1, -0.05) is 26.0 Å². The summed E-state index contributed by atoms with van der Waals surface area (Å²) in [5.41, 5.74) is 8.12. The SMILES string of the molecule is CC(C)c1cccc(OC(CN)c2ccncc2)c1. The highest BCUT2D eigenvalue weighted by atomic mass is 16.5. The molecule has 0 amide bonds. The number of ether oxygens (including phenoxy) is 1. The van der Waals surface area contributed by atoms with Crippen molar-refractivity contribution >= 4 is 0 Å². The molecule has 0 saturated carbocycles. The first-order chi connectivity index (χ1) is 9.20. The first kappa shape index (κ1) is 13.6. The Morgan fingerprint density at radius 2 is 1.84 bits per heavy atom. The predicted octanol–water partition coefficient (Wildman–Crippen LogP) is 3.28. The van der Waals surface area contributed by atoms with Gasteiger partial charge in [-0.25, -0.2) is 0 Å². The molecule has 19 heavy (non-hydrogen) atoms. The molecule has 1 aromatic carbocycles. The fourth-order valence-electron chi connectivity index (χ4n) is 1.94. The maximum atomic E-state index is 5.99. The summed E-state index contributed by atoms with van der Waals surface area (Å²) in [4.78, 5) is 4.01. The normalized spacial score (nSPS) is 12.4. The third kappa shape index (κ3) is 3.55. The summed E-state index contributed by atoms with van der Waals surface area (Å²) in [6, 6.07) is 12.0. The summed E-state index contributed by atoms with van der Waals surface area (Å²) in [5.74, 6) is 1.35. The van der Waals surface area contributed by atoms with E-state index >= 15 is 0 Å². The number of hydrogen-bond acceptors (Lipinski definition) is 3. The Kier molecular flexibility index (Phi) is 4.53. The molecule has 2 N–H and O–H groups in total. The monoisotopic (exact) mass is 256 g/mol. The Labute approximate surface area is 114 Å². The van der Waals surface area contributed by atoms with Crippen LogP contribution in [0.5, 0.6) is 5.75 Å². The largest absolute Gasteiger partial charge is 0.484 e. The van der Waals surface area contributed by atoms with Crippen molar-refractivity contribution in [2.75, 3.05) is 6.54 Å². The van der Waals surface area contributed by atoms with Crippen molar-refractivity contribution in [2.24, 2.45) is 5.73 Å². The maximum Gasteiger partial charge on any atom is 0.136 e. The summed E-state index contributed by atoms with van der Waals surface area (Å²) in [5, 5.41) is 0. The average molecular weight is 256 g/mol. The van der Waals surface area contributed by atoms with Crippen molar-refractivity contribution in [1.29, 1.82) is 0 Å². The maximum absolute atomic E-state index is 5.99. The number of pyridine rings is 1. The van der Waals surface area contributed by atoms with E-state index in [1.165, 1.54) is 5.56 Å². The predicted molar refractivity (Wildman–Crippen MR) is 77.2 cm³/mol. The Bertz CT molecular complexity index is 511. The zero-order valence-electron chi connectivity index (χ0n) is 11.4. The summed E-state index contributed by atoms with van der Waals surface area (Å²) in [6.07, 6.45) is 3.38. The van der Waals surface area contributed by atoms with E-state index in [0.29, 0.717) is 12.5 Å². The van der Waals surface area contributed by atoms with Gasteiger partial charge in [0.25, 0.3) is 0 Å². The Morgan fingerprint density at radius 3 is 2.47 bits per heavy atom. The van der Waals surface area contributed by atoms with E-state index in [9.17, 15) is 0 Å². The van der Waals surface area contributed by atoms with Gasteiger partial charge in [0.15, 0.2) is 0 Å². The number of aromatic nitrogens is 1. The highest BCUT2D eigenvalue weighted by molar-refractivity contribution is 5.31. The lowest BCUT2D eigenvalue weighted by molar-refractivity contribution is 0.214. The molecule has 0 saturated heterocycles. The lowest BCUT2D eigenvalue weighted by Crippen LogP contribution is -2.18. The van der Waals surface area contributed by atoms with Crippen molar-refractivity contribution in [1.82, 2.24) is 4.98 Å². The minimum atomic E-state index is -0.134. The third-order valence-corrected chi connectivity index (χ3v) is 3.10. The van der Waals surface area contributed by atoms with Crippen LogP contribution in [0.25, 0.3) is 0 Å². The van der Waals surface area contributed by atoms with Crippen molar-refractivity contribution in [3.05, 3.63) is 59.9 Å². The molecule has 2 aromatic rings. The van der Waals surface area contributed by atoms with Gasteiger partial charge in [0.2, 0.25) is 0 Å². The molecule has 0 aliphatic rings. The summed E-state index contributed by atoms with van der Waals surface area (Å²) in [6.45, 7) is 4.78. The second-order valence-corrected chi connectivity index (χ2v) is 4.85. The van der Waals surface area contributed by atoms with Gasteiger partial charge < -0.3 is 10.5 Å². The van der Waals surface area contributed by atoms with Gasteiger partial charge in [-0.3, -0.25) is 4.98 Å². The second kappa shape index (κ2) is 6.34. The van der Waals surface area contributed by atoms with Crippen molar-refractivity contribution in [3.63, 3.8) is 0 Å². The molecular weight excluding hydrogens is 236 g/mol. The van der Waals surface area contributed by atoms with Crippen LogP contribution < -0.4 is 10.5 Å². The van der Waals surface area contributed by atoms with Crippen LogP contribution in [0.3, 0.4) is 0 Å². The van der Waals surface area contributed by atoms with Crippen LogP contribution in [0, 0.1) is 0 Å². The fourth-order valence-corrected chi connectivity index (χ4v) is 1.94. The van der Waals surface area contributed by atoms with Gasteiger partial charge in [-0.2, -0.15) is 0 Å². The highest BCUT2D eigenvalue weighted by Gasteiger charge is 2.11. The molecule has 0 fully saturated rings. The standard InChI is InChI=1S/C16H20N2O/c1-12(2)14-4-3-5-15(10-14)19-16(11-17)13-6-8-18-9-7-13/h3-10,12,16H,11,17H2,1-2H3. The van der Waals surface area contributed by atoms with Crippen LogP contribution in [0.2, 0.25) is 0 Å². The molecule has 0 bridgehead atoms. The average Bonchev–Trinajstić information content (AvgIpc) is 2.46. The number of nitrogens with zero attached hydrogens (tertiary/aromatic N) is 1. The van der Waals surface area contributed by atoms with Crippen LogP contribution in [-0.2, 0) is 0 Å². The van der Waals surface area contributed by atoms with E-state index in [2.05, 4.69) is 31.0 Å². The molecule has 3 nitrogen and oxygen atoms in total. The van der Waals surface area contributed by atoms with Gasteiger partial charge in [-0.15, -0.1) is 0 Å². The first-order valence-electron chi connectivity index (χ1n) is 6.57. The smallest absolute Gasteiger partial charge is 0.136 e. The van der Waals surface area contributed by atoms with Gasteiger partial charge in [0.1, 0.15) is 11.9 Å². The minimum Gasteiger partial charge on any atom is -0.484 e. The third-order valence-electron chi connectivity index (χ3n) is 3.10. The number of nitrogens with two attached hydrogens (primary N) is 1. The molecule has 1 atom stereocenters. The minimum absolute atomic E-state index is 0.134. The summed E-state index contributed by atoms with van der Waals surface area (Å²) in [7, 11) is 0. The molecule has 0 spiro atoms. The Morgan fingerprint density at radius 1 is 1.11 bits per heavy atom. The van der Waals surface area contributed by atoms with Crippen LogP contribution in [0.1, 0.15) is 37.0 Å². The molecule has 0 aliphatic carbocycles. The molecular formula is C16H20N2O. The van der Waals surface area contributed by atoms with E-state index in [0.717, 1.165) is 11.3 Å². The molecule has 0 radical (unpaired) electrons. The highest BCUT2D eigenvalue weighted by Crippen LogP contribution is 2.24. The van der Waals surface area contributed by atoms with E-state index in [1.807, 2.05) is 24.3 Å². The number of benzene rings is 1. The van der Waals surface area contributed by atoms with Crippen LogP contribution in [0.4, 0.5) is 0 Å². The molecule has 2 rings (SSSR count). The molecule has 1 heterocycles. The topological polar surface area (TPSA) is 48.1 Å². The van der Waals surface area contributed by atoms with Gasteiger partial charge in [0, 0.05) is 18.9 Å². The lowest BCUT2D eigenvalue weighted by Gasteiger charge is -2.18. The number of hydrogen-bond donors (Lipinski definition) is 1. The Hall–Kier alpha value is -1.87.